The number of carbonyl (C=O) groups excluding carboxylic acids is 1. The van der Waals surface area contributed by atoms with E-state index in [9.17, 15) is 4.79 Å². The topological polar surface area (TPSA) is 55.1 Å². The Morgan fingerprint density at radius 1 is 1.54 bits per heavy atom. The first-order valence-corrected chi connectivity index (χ1v) is 5.86. The fourth-order valence-electron chi connectivity index (χ4n) is 0.719. The maximum atomic E-state index is 11.1. The van der Waals surface area contributed by atoms with E-state index in [1.54, 1.807) is 11.8 Å². The van der Waals surface area contributed by atoms with Gasteiger partial charge in [-0.1, -0.05) is 13.8 Å². The van der Waals surface area contributed by atoms with Crippen LogP contribution in [0.5, 0.6) is 0 Å². The lowest BCUT2D eigenvalue weighted by Crippen LogP contribution is -2.28. The normalized spacial score (nSPS) is 10.5. The highest BCUT2D eigenvalue weighted by Crippen LogP contribution is 2.00. The SMILES string of the molecule is CC(C)CNC(=O)CSCCCN. The molecule has 0 fully saturated rings. The molecule has 0 radical (unpaired) electrons. The van der Waals surface area contributed by atoms with Crippen molar-refractivity contribution in [3.8, 4) is 0 Å². The van der Waals surface area contributed by atoms with E-state index in [1.165, 1.54) is 0 Å². The number of rotatable bonds is 7. The summed E-state index contributed by atoms with van der Waals surface area (Å²) >= 11 is 1.65. The van der Waals surface area contributed by atoms with Crippen LogP contribution in [0.15, 0.2) is 0 Å². The molecule has 0 aromatic carbocycles. The Morgan fingerprint density at radius 3 is 2.77 bits per heavy atom. The molecule has 0 spiro atoms. The number of hydrogen-bond acceptors (Lipinski definition) is 3. The molecule has 0 saturated heterocycles. The lowest BCUT2D eigenvalue weighted by atomic mass is 10.2. The zero-order valence-corrected chi connectivity index (χ0v) is 9.32. The number of nitrogens with two attached hydrogens (primary N) is 1. The second-order valence-electron chi connectivity index (χ2n) is 3.39. The van der Waals surface area contributed by atoms with Crippen LogP contribution in [0.1, 0.15) is 20.3 Å². The molecule has 0 unspecified atom stereocenters. The second kappa shape index (κ2) is 8.38. The van der Waals surface area contributed by atoms with Gasteiger partial charge in [-0.3, -0.25) is 4.79 Å². The molecule has 3 N–H and O–H groups in total. The predicted octanol–water partition coefficient (Wildman–Crippen LogP) is 0.841. The van der Waals surface area contributed by atoms with E-state index in [1.807, 2.05) is 0 Å². The van der Waals surface area contributed by atoms with Crippen molar-refractivity contribution in [2.75, 3.05) is 24.6 Å². The maximum Gasteiger partial charge on any atom is 0.230 e. The van der Waals surface area contributed by atoms with Gasteiger partial charge in [0, 0.05) is 6.54 Å². The minimum Gasteiger partial charge on any atom is -0.355 e. The first kappa shape index (κ1) is 12.8. The lowest BCUT2D eigenvalue weighted by molar-refractivity contribution is -0.118. The van der Waals surface area contributed by atoms with Crippen LogP contribution in [0.3, 0.4) is 0 Å². The molecule has 4 heteroatoms. The van der Waals surface area contributed by atoms with Crippen molar-refractivity contribution in [3.63, 3.8) is 0 Å². The quantitative estimate of drug-likeness (QED) is 0.604. The van der Waals surface area contributed by atoms with E-state index in [4.69, 9.17) is 5.73 Å². The summed E-state index contributed by atoms with van der Waals surface area (Å²) in [7, 11) is 0. The first-order valence-electron chi connectivity index (χ1n) is 4.71. The molecule has 0 aliphatic rings. The summed E-state index contributed by atoms with van der Waals surface area (Å²) in [5.41, 5.74) is 5.33. The van der Waals surface area contributed by atoms with E-state index < -0.39 is 0 Å². The summed E-state index contributed by atoms with van der Waals surface area (Å²) in [5.74, 6) is 2.20. The third kappa shape index (κ3) is 9.70. The summed E-state index contributed by atoms with van der Waals surface area (Å²) in [6, 6.07) is 0. The Morgan fingerprint density at radius 2 is 2.23 bits per heavy atom. The summed E-state index contributed by atoms with van der Waals surface area (Å²) < 4.78 is 0. The van der Waals surface area contributed by atoms with Crippen molar-refractivity contribution >= 4 is 17.7 Å². The van der Waals surface area contributed by atoms with Gasteiger partial charge in [0.05, 0.1) is 5.75 Å². The van der Waals surface area contributed by atoms with E-state index in [-0.39, 0.29) is 5.91 Å². The van der Waals surface area contributed by atoms with Crippen LogP contribution in [-0.2, 0) is 4.79 Å². The van der Waals surface area contributed by atoms with Crippen molar-refractivity contribution in [2.24, 2.45) is 11.7 Å². The molecule has 0 heterocycles. The molecule has 0 atom stereocenters. The fourth-order valence-corrected chi connectivity index (χ4v) is 1.52. The highest BCUT2D eigenvalue weighted by Gasteiger charge is 2.01. The number of thioether (sulfide) groups is 1. The minimum atomic E-state index is 0.135. The third-order valence-electron chi connectivity index (χ3n) is 1.43. The third-order valence-corrected chi connectivity index (χ3v) is 2.48. The molecule has 0 aromatic heterocycles. The summed E-state index contributed by atoms with van der Waals surface area (Å²) in [5, 5.41) is 2.87. The molecular formula is C9H20N2OS. The van der Waals surface area contributed by atoms with E-state index in [2.05, 4.69) is 19.2 Å². The predicted molar refractivity (Wildman–Crippen MR) is 58.8 cm³/mol. The van der Waals surface area contributed by atoms with Crippen LogP contribution in [-0.4, -0.2) is 30.5 Å². The highest BCUT2D eigenvalue weighted by atomic mass is 32.2. The van der Waals surface area contributed by atoms with Gasteiger partial charge in [-0.05, 0) is 24.6 Å². The molecule has 3 nitrogen and oxygen atoms in total. The molecular weight excluding hydrogens is 184 g/mol. The largest absolute Gasteiger partial charge is 0.355 e. The summed E-state index contributed by atoms with van der Waals surface area (Å²) in [4.78, 5) is 11.1. The second-order valence-corrected chi connectivity index (χ2v) is 4.50. The summed E-state index contributed by atoms with van der Waals surface area (Å²) in [6.07, 6.45) is 0.988. The van der Waals surface area contributed by atoms with Crippen LogP contribution in [0.25, 0.3) is 0 Å². The van der Waals surface area contributed by atoms with Crippen LogP contribution < -0.4 is 11.1 Å². The average molecular weight is 204 g/mol. The Balaban J connectivity index is 3.20. The van der Waals surface area contributed by atoms with Crippen molar-refractivity contribution in [3.05, 3.63) is 0 Å². The van der Waals surface area contributed by atoms with Gasteiger partial charge in [0.25, 0.3) is 0 Å². The van der Waals surface area contributed by atoms with E-state index >= 15 is 0 Å². The van der Waals surface area contributed by atoms with Gasteiger partial charge in [-0.25, -0.2) is 0 Å². The van der Waals surface area contributed by atoms with E-state index in [0.29, 0.717) is 18.2 Å². The van der Waals surface area contributed by atoms with Gasteiger partial charge in [0.15, 0.2) is 0 Å². The number of amides is 1. The van der Waals surface area contributed by atoms with Crippen molar-refractivity contribution < 1.29 is 4.79 Å². The zero-order valence-electron chi connectivity index (χ0n) is 8.51. The Kier molecular flexibility index (Phi) is 8.24. The molecule has 78 valence electrons. The Hall–Kier alpha value is -0.220. The zero-order chi connectivity index (χ0) is 10.1. The lowest BCUT2D eigenvalue weighted by Gasteiger charge is -2.06. The smallest absolute Gasteiger partial charge is 0.230 e. The van der Waals surface area contributed by atoms with Gasteiger partial charge >= 0.3 is 0 Å². The van der Waals surface area contributed by atoms with Gasteiger partial charge in [-0.15, -0.1) is 0 Å². The molecule has 0 bridgehead atoms. The van der Waals surface area contributed by atoms with Crippen molar-refractivity contribution in [1.82, 2.24) is 5.32 Å². The van der Waals surface area contributed by atoms with Gasteiger partial charge in [0.1, 0.15) is 0 Å². The maximum absolute atomic E-state index is 11.1. The molecule has 0 saturated carbocycles. The van der Waals surface area contributed by atoms with E-state index in [0.717, 1.165) is 18.7 Å². The van der Waals surface area contributed by atoms with Crippen molar-refractivity contribution in [2.45, 2.75) is 20.3 Å². The molecule has 13 heavy (non-hydrogen) atoms. The first-order chi connectivity index (χ1) is 6.16. The minimum absolute atomic E-state index is 0.135. The molecule has 0 aliphatic heterocycles. The van der Waals surface area contributed by atoms with Gasteiger partial charge < -0.3 is 11.1 Å². The Bertz CT molecular complexity index is 140. The molecule has 0 rings (SSSR count). The van der Waals surface area contributed by atoms with Crippen LogP contribution in [0, 0.1) is 5.92 Å². The van der Waals surface area contributed by atoms with Gasteiger partial charge in [-0.2, -0.15) is 11.8 Å². The molecule has 1 amide bonds. The number of hydrogen-bond donors (Lipinski definition) is 2. The van der Waals surface area contributed by atoms with Crippen LogP contribution >= 0.6 is 11.8 Å². The standard InChI is InChI=1S/C9H20N2OS/c1-8(2)6-11-9(12)7-13-5-3-4-10/h8H,3-7,10H2,1-2H3,(H,11,12). The van der Waals surface area contributed by atoms with Crippen LogP contribution in [0.2, 0.25) is 0 Å². The number of nitrogens with one attached hydrogen (secondary N) is 1. The summed E-state index contributed by atoms with van der Waals surface area (Å²) in [6.45, 7) is 5.65. The Labute approximate surface area is 84.8 Å². The average Bonchev–Trinajstić information content (AvgIpc) is 2.09. The molecule has 0 aliphatic carbocycles. The monoisotopic (exact) mass is 204 g/mol. The van der Waals surface area contributed by atoms with Gasteiger partial charge in [0.2, 0.25) is 5.91 Å². The van der Waals surface area contributed by atoms with Crippen LogP contribution in [0.4, 0.5) is 0 Å². The number of carbonyl (C=O) groups is 1. The highest BCUT2D eigenvalue weighted by molar-refractivity contribution is 7.99. The molecule has 0 aromatic rings. The fraction of sp³-hybridized carbons (Fsp3) is 0.889. The van der Waals surface area contributed by atoms with Crippen molar-refractivity contribution in [1.29, 1.82) is 0 Å².